The lowest BCUT2D eigenvalue weighted by atomic mass is 10.1. The predicted octanol–water partition coefficient (Wildman–Crippen LogP) is 4.20. The number of esters is 1. The van der Waals surface area contributed by atoms with Crippen molar-refractivity contribution in [3.63, 3.8) is 0 Å². The summed E-state index contributed by atoms with van der Waals surface area (Å²) in [6.45, 7) is 2.06. The summed E-state index contributed by atoms with van der Waals surface area (Å²) in [5.74, 6) is -0.0495. The Morgan fingerprint density at radius 1 is 1.29 bits per heavy atom. The Morgan fingerprint density at radius 3 is 2.57 bits per heavy atom. The zero-order valence-corrected chi connectivity index (χ0v) is 13.1. The molecule has 0 saturated heterocycles. The van der Waals surface area contributed by atoms with Crippen molar-refractivity contribution in [2.45, 2.75) is 51.6 Å². The maximum Gasteiger partial charge on any atom is 0.342 e. The second-order valence-corrected chi connectivity index (χ2v) is 5.74. The van der Waals surface area contributed by atoms with E-state index >= 15 is 0 Å². The van der Waals surface area contributed by atoms with Gasteiger partial charge in [0.2, 0.25) is 0 Å². The molecule has 2 N–H and O–H groups in total. The van der Waals surface area contributed by atoms with E-state index in [1.807, 2.05) is 0 Å². The second kappa shape index (κ2) is 7.55. The predicted molar refractivity (Wildman–Crippen MR) is 83.9 cm³/mol. The van der Waals surface area contributed by atoms with Crippen LogP contribution in [0.1, 0.15) is 55.8 Å². The van der Waals surface area contributed by atoms with Crippen LogP contribution in [0.3, 0.4) is 0 Å². The number of rotatable bonds is 4. The molecule has 1 aromatic carbocycles. The van der Waals surface area contributed by atoms with Crippen molar-refractivity contribution in [1.82, 2.24) is 0 Å². The molecule has 1 aliphatic rings. The van der Waals surface area contributed by atoms with Gasteiger partial charge in [-0.25, -0.2) is 4.79 Å². The van der Waals surface area contributed by atoms with Crippen LogP contribution < -0.4 is 10.5 Å². The van der Waals surface area contributed by atoms with Gasteiger partial charge in [0.25, 0.3) is 0 Å². The topological polar surface area (TPSA) is 61.5 Å². The standard InChI is InChI=1S/C16H22ClNO3/c1-2-20-16(19)13-9-11(18)10-14(17)15(13)21-12-7-5-3-4-6-8-12/h9-10,12H,2-8,18H2,1H3. The van der Waals surface area contributed by atoms with Gasteiger partial charge in [-0.3, -0.25) is 0 Å². The van der Waals surface area contributed by atoms with Crippen LogP contribution in [0.25, 0.3) is 0 Å². The number of anilines is 1. The zero-order valence-electron chi connectivity index (χ0n) is 12.4. The molecule has 1 saturated carbocycles. The molecule has 4 nitrogen and oxygen atoms in total. The van der Waals surface area contributed by atoms with Crippen molar-refractivity contribution in [3.8, 4) is 5.75 Å². The molecule has 0 radical (unpaired) electrons. The summed E-state index contributed by atoms with van der Waals surface area (Å²) in [5.41, 5.74) is 6.51. The molecule has 0 atom stereocenters. The molecule has 0 amide bonds. The molecule has 21 heavy (non-hydrogen) atoms. The maximum atomic E-state index is 12.1. The normalized spacial score (nSPS) is 16.3. The first kappa shape index (κ1) is 16.0. The minimum Gasteiger partial charge on any atom is -0.488 e. The molecule has 0 heterocycles. The number of carbonyl (C=O) groups is 1. The van der Waals surface area contributed by atoms with Crippen molar-refractivity contribution in [2.75, 3.05) is 12.3 Å². The number of hydrogen-bond donors (Lipinski definition) is 1. The average molecular weight is 312 g/mol. The molecule has 0 aromatic heterocycles. The van der Waals surface area contributed by atoms with E-state index in [0.717, 1.165) is 25.7 Å². The van der Waals surface area contributed by atoms with Gasteiger partial charge in [-0.1, -0.05) is 24.4 Å². The first-order valence-corrected chi connectivity index (χ1v) is 7.92. The van der Waals surface area contributed by atoms with Crippen LogP contribution in [-0.4, -0.2) is 18.7 Å². The van der Waals surface area contributed by atoms with Gasteiger partial charge in [-0.15, -0.1) is 0 Å². The van der Waals surface area contributed by atoms with Gasteiger partial charge in [-0.2, -0.15) is 0 Å². The first-order valence-electron chi connectivity index (χ1n) is 7.54. The van der Waals surface area contributed by atoms with Crippen LogP contribution in [0, 0.1) is 0 Å². The van der Waals surface area contributed by atoms with Crippen LogP contribution in [0.5, 0.6) is 5.75 Å². The SMILES string of the molecule is CCOC(=O)c1cc(N)cc(Cl)c1OC1CCCCCC1. The minimum absolute atomic E-state index is 0.0989. The fourth-order valence-electron chi connectivity index (χ4n) is 2.62. The summed E-state index contributed by atoms with van der Waals surface area (Å²) in [5, 5.41) is 0.363. The highest BCUT2D eigenvalue weighted by molar-refractivity contribution is 6.33. The smallest absolute Gasteiger partial charge is 0.342 e. The van der Waals surface area contributed by atoms with Gasteiger partial charge in [0.05, 0.1) is 17.7 Å². The van der Waals surface area contributed by atoms with E-state index in [1.54, 1.807) is 19.1 Å². The van der Waals surface area contributed by atoms with E-state index in [-0.39, 0.29) is 6.10 Å². The van der Waals surface area contributed by atoms with E-state index in [2.05, 4.69) is 0 Å². The zero-order chi connectivity index (χ0) is 15.2. The van der Waals surface area contributed by atoms with Crippen molar-refractivity contribution < 1.29 is 14.3 Å². The van der Waals surface area contributed by atoms with E-state index < -0.39 is 5.97 Å². The number of benzene rings is 1. The summed E-state index contributed by atoms with van der Waals surface area (Å²) in [7, 11) is 0. The number of carbonyl (C=O) groups excluding carboxylic acids is 1. The molecule has 5 heteroatoms. The van der Waals surface area contributed by atoms with E-state index in [1.165, 1.54) is 12.8 Å². The third-order valence-electron chi connectivity index (χ3n) is 3.65. The summed E-state index contributed by atoms with van der Waals surface area (Å²) >= 11 is 6.23. The largest absolute Gasteiger partial charge is 0.488 e. The molecule has 0 unspecified atom stereocenters. The molecule has 1 fully saturated rings. The number of hydrogen-bond acceptors (Lipinski definition) is 4. The fraction of sp³-hybridized carbons (Fsp3) is 0.562. The van der Waals surface area contributed by atoms with Crippen molar-refractivity contribution in [1.29, 1.82) is 0 Å². The maximum absolute atomic E-state index is 12.1. The molecular weight excluding hydrogens is 290 g/mol. The van der Waals surface area contributed by atoms with Crippen LogP contribution in [0.2, 0.25) is 5.02 Å². The third-order valence-corrected chi connectivity index (χ3v) is 3.93. The molecule has 1 aliphatic carbocycles. The highest BCUT2D eigenvalue weighted by Crippen LogP contribution is 2.34. The van der Waals surface area contributed by atoms with Crippen LogP contribution >= 0.6 is 11.6 Å². The Balaban J connectivity index is 2.25. The highest BCUT2D eigenvalue weighted by atomic mass is 35.5. The summed E-state index contributed by atoms with van der Waals surface area (Å²) in [4.78, 5) is 12.1. The van der Waals surface area contributed by atoms with Gasteiger partial charge in [0, 0.05) is 5.69 Å². The Morgan fingerprint density at radius 2 is 1.95 bits per heavy atom. The van der Waals surface area contributed by atoms with Crippen LogP contribution in [-0.2, 0) is 4.74 Å². The molecule has 2 rings (SSSR count). The summed E-state index contributed by atoms with van der Waals surface area (Å²) in [6.07, 6.45) is 6.84. The van der Waals surface area contributed by atoms with E-state index in [0.29, 0.717) is 28.6 Å². The Labute approximate surface area is 130 Å². The van der Waals surface area contributed by atoms with Gasteiger partial charge < -0.3 is 15.2 Å². The molecule has 116 valence electrons. The quantitative estimate of drug-likeness (QED) is 0.514. The van der Waals surface area contributed by atoms with E-state index in [4.69, 9.17) is 26.8 Å². The Kier molecular flexibility index (Phi) is 5.74. The molecule has 0 spiro atoms. The number of ether oxygens (including phenoxy) is 2. The Bertz CT molecular complexity index is 497. The lowest BCUT2D eigenvalue weighted by Crippen LogP contribution is -2.18. The number of nitrogens with two attached hydrogens (primary N) is 1. The fourth-order valence-corrected chi connectivity index (χ4v) is 2.89. The highest BCUT2D eigenvalue weighted by Gasteiger charge is 2.22. The number of halogens is 1. The van der Waals surface area contributed by atoms with Gasteiger partial charge in [-0.05, 0) is 44.7 Å². The van der Waals surface area contributed by atoms with Crippen molar-refractivity contribution in [3.05, 3.63) is 22.7 Å². The monoisotopic (exact) mass is 311 g/mol. The Hall–Kier alpha value is -1.42. The van der Waals surface area contributed by atoms with Crippen LogP contribution in [0.4, 0.5) is 5.69 Å². The van der Waals surface area contributed by atoms with Gasteiger partial charge >= 0.3 is 5.97 Å². The molecule has 1 aromatic rings. The summed E-state index contributed by atoms with van der Waals surface area (Å²) < 4.78 is 11.1. The van der Waals surface area contributed by atoms with E-state index in [9.17, 15) is 4.79 Å². The first-order chi connectivity index (χ1) is 10.1. The lowest BCUT2D eigenvalue weighted by molar-refractivity contribution is 0.0518. The van der Waals surface area contributed by atoms with Crippen molar-refractivity contribution >= 4 is 23.3 Å². The van der Waals surface area contributed by atoms with Crippen LogP contribution in [0.15, 0.2) is 12.1 Å². The third kappa shape index (κ3) is 4.27. The second-order valence-electron chi connectivity index (χ2n) is 5.33. The summed E-state index contributed by atoms with van der Waals surface area (Å²) in [6, 6.07) is 3.17. The lowest BCUT2D eigenvalue weighted by Gasteiger charge is -2.20. The van der Waals surface area contributed by atoms with Gasteiger partial charge in [0.15, 0.2) is 5.75 Å². The molecule has 0 bridgehead atoms. The molecular formula is C16H22ClNO3. The minimum atomic E-state index is -0.449. The van der Waals surface area contributed by atoms with Gasteiger partial charge in [0.1, 0.15) is 5.56 Å². The average Bonchev–Trinajstić information content (AvgIpc) is 2.70. The molecule has 0 aliphatic heterocycles. The number of nitrogen functional groups attached to an aromatic ring is 1. The van der Waals surface area contributed by atoms with Crippen molar-refractivity contribution in [2.24, 2.45) is 0 Å².